The molecule has 1 aliphatic heterocycles. The minimum atomic E-state index is -0.285. The normalized spacial score (nSPS) is 18.6. The lowest BCUT2D eigenvalue weighted by Crippen LogP contribution is -2.53. The molecule has 4 rings (SSSR count). The van der Waals surface area contributed by atoms with Crippen molar-refractivity contribution >= 4 is 23.5 Å². The molecule has 2 fully saturated rings. The number of benzene rings is 2. The molecule has 1 heterocycles. The largest absolute Gasteiger partial charge is 0.347 e. The highest BCUT2D eigenvalue weighted by molar-refractivity contribution is 5.96. The Labute approximate surface area is 219 Å². The molecule has 1 unspecified atom stereocenters. The predicted octanol–water partition coefficient (Wildman–Crippen LogP) is 4.24. The van der Waals surface area contributed by atoms with Crippen molar-refractivity contribution < 1.29 is 14.4 Å². The average Bonchev–Trinajstić information content (AvgIpc) is 2.81. The lowest BCUT2D eigenvalue weighted by Gasteiger charge is -2.40. The van der Waals surface area contributed by atoms with E-state index in [0.29, 0.717) is 23.4 Å². The number of carbonyl (C=O) groups excluding carboxylic acids is 3. The summed E-state index contributed by atoms with van der Waals surface area (Å²) in [5, 5.41) is 8.80. The van der Waals surface area contributed by atoms with Crippen LogP contribution in [0.1, 0.15) is 73.2 Å². The quantitative estimate of drug-likeness (QED) is 0.548. The summed E-state index contributed by atoms with van der Waals surface area (Å²) in [5.41, 5.74) is 2.74. The molecule has 1 aliphatic carbocycles. The summed E-state index contributed by atoms with van der Waals surface area (Å²) in [5.74, 6) is -0.0724. The van der Waals surface area contributed by atoms with Gasteiger partial charge in [0.1, 0.15) is 0 Å². The molecule has 2 aromatic carbocycles. The number of piperazine rings is 1. The van der Waals surface area contributed by atoms with Crippen molar-refractivity contribution in [1.82, 2.24) is 20.4 Å². The van der Waals surface area contributed by atoms with E-state index < -0.39 is 0 Å². The molecular formula is C29H39N5O3. The molecule has 8 nitrogen and oxygen atoms in total. The van der Waals surface area contributed by atoms with Gasteiger partial charge in [-0.05, 0) is 88.9 Å². The Hall–Kier alpha value is -3.39. The average molecular weight is 506 g/mol. The second kappa shape index (κ2) is 11.3. The molecule has 2 aliphatic rings. The third kappa shape index (κ3) is 7.32. The van der Waals surface area contributed by atoms with E-state index in [1.807, 2.05) is 49.9 Å². The molecule has 0 aromatic heterocycles. The smallest absolute Gasteiger partial charge is 0.319 e. The third-order valence-electron chi connectivity index (χ3n) is 6.89. The van der Waals surface area contributed by atoms with Crippen molar-refractivity contribution in [3.8, 4) is 0 Å². The minimum absolute atomic E-state index is 0.00142. The summed E-state index contributed by atoms with van der Waals surface area (Å²) in [6, 6.07) is 15.0. The first-order valence-electron chi connectivity index (χ1n) is 13.2. The Morgan fingerprint density at radius 1 is 0.973 bits per heavy atom. The summed E-state index contributed by atoms with van der Waals surface area (Å²) in [7, 11) is 0. The number of hydrogen-bond donors (Lipinski definition) is 3. The van der Waals surface area contributed by atoms with Gasteiger partial charge in [0, 0.05) is 60.6 Å². The second-order valence-electron chi connectivity index (χ2n) is 11.3. The Balaban J connectivity index is 1.29. The number of amides is 4. The van der Waals surface area contributed by atoms with Crippen LogP contribution in [0, 0.1) is 0 Å². The van der Waals surface area contributed by atoms with Crippen LogP contribution in [-0.4, -0.2) is 64.9 Å². The van der Waals surface area contributed by atoms with Gasteiger partial charge in [-0.1, -0.05) is 12.1 Å². The number of rotatable bonds is 6. The first-order chi connectivity index (χ1) is 17.6. The fourth-order valence-electron chi connectivity index (χ4n) is 4.73. The summed E-state index contributed by atoms with van der Waals surface area (Å²) in [6.45, 7) is 10.9. The van der Waals surface area contributed by atoms with Gasteiger partial charge in [0.05, 0.1) is 0 Å². The topological polar surface area (TPSA) is 93.8 Å². The van der Waals surface area contributed by atoms with Gasteiger partial charge < -0.3 is 20.9 Å². The molecule has 4 amide bonds. The molecule has 1 saturated heterocycles. The second-order valence-corrected chi connectivity index (χ2v) is 11.3. The van der Waals surface area contributed by atoms with Gasteiger partial charge in [0.2, 0.25) is 0 Å². The van der Waals surface area contributed by atoms with Crippen molar-refractivity contribution in [2.75, 3.05) is 25.0 Å². The molecule has 3 N–H and O–H groups in total. The third-order valence-corrected chi connectivity index (χ3v) is 6.89. The van der Waals surface area contributed by atoms with Crippen molar-refractivity contribution in [3.05, 3.63) is 65.2 Å². The van der Waals surface area contributed by atoms with Crippen LogP contribution >= 0.6 is 0 Å². The molecule has 1 saturated carbocycles. The number of carbonyl (C=O) groups is 3. The number of nitrogens with one attached hydrogen (secondary N) is 3. The molecule has 198 valence electrons. The lowest BCUT2D eigenvalue weighted by molar-refractivity contribution is 0.0475. The lowest BCUT2D eigenvalue weighted by atomic mass is 9.93. The zero-order chi connectivity index (χ0) is 26.6. The van der Waals surface area contributed by atoms with Crippen molar-refractivity contribution in [2.24, 2.45) is 0 Å². The van der Waals surface area contributed by atoms with E-state index in [4.69, 9.17) is 0 Å². The van der Waals surface area contributed by atoms with Crippen LogP contribution in [0.5, 0.6) is 0 Å². The Bertz CT molecular complexity index is 1120. The molecular weight excluding hydrogens is 466 g/mol. The maximum absolute atomic E-state index is 13.2. The number of hydrogen-bond acceptors (Lipinski definition) is 4. The predicted molar refractivity (Wildman–Crippen MR) is 146 cm³/mol. The van der Waals surface area contributed by atoms with Gasteiger partial charge in [-0.25, -0.2) is 4.79 Å². The van der Waals surface area contributed by atoms with E-state index in [1.165, 1.54) is 0 Å². The minimum Gasteiger partial charge on any atom is -0.347 e. The molecule has 2 aromatic rings. The SMILES string of the molecule is CC1CN(Cc2cccc(C(=O)NC(C)(C)C)c2)CCN1C(=O)c1ccc(NC(=O)NC2CCC2)cc1. The fourth-order valence-corrected chi connectivity index (χ4v) is 4.73. The number of anilines is 1. The zero-order valence-corrected chi connectivity index (χ0v) is 22.3. The van der Waals surface area contributed by atoms with Crippen LogP contribution in [0.15, 0.2) is 48.5 Å². The number of urea groups is 1. The van der Waals surface area contributed by atoms with E-state index in [-0.39, 0.29) is 35.5 Å². The Morgan fingerprint density at radius 2 is 1.70 bits per heavy atom. The standard InChI is InChI=1S/C29H39N5O3/c1-20-18-33(19-21-7-5-8-23(17-21)26(35)32-29(2,3)4)15-16-34(20)27(36)22-11-13-25(14-12-22)31-28(37)30-24-9-6-10-24/h5,7-8,11-14,17,20,24H,6,9-10,15-16,18-19H2,1-4H3,(H,32,35)(H2,30,31,37). The van der Waals surface area contributed by atoms with Gasteiger partial charge in [-0.2, -0.15) is 0 Å². The van der Waals surface area contributed by atoms with Crippen LogP contribution in [0.2, 0.25) is 0 Å². The first kappa shape index (κ1) is 26.7. The zero-order valence-electron chi connectivity index (χ0n) is 22.3. The Kier molecular flexibility index (Phi) is 8.17. The monoisotopic (exact) mass is 505 g/mol. The molecule has 0 bridgehead atoms. The molecule has 8 heteroatoms. The van der Waals surface area contributed by atoms with Crippen LogP contribution < -0.4 is 16.0 Å². The van der Waals surface area contributed by atoms with Crippen molar-refractivity contribution in [2.45, 2.75) is 71.1 Å². The maximum atomic E-state index is 13.2. The van der Waals surface area contributed by atoms with E-state index >= 15 is 0 Å². The Morgan fingerprint density at radius 3 is 2.32 bits per heavy atom. The van der Waals surface area contributed by atoms with Gasteiger partial charge in [-0.3, -0.25) is 14.5 Å². The highest BCUT2D eigenvalue weighted by atomic mass is 16.2. The van der Waals surface area contributed by atoms with Gasteiger partial charge >= 0.3 is 6.03 Å². The highest BCUT2D eigenvalue weighted by Crippen LogP contribution is 2.20. The van der Waals surface area contributed by atoms with E-state index in [0.717, 1.165) is 44.5 Å². The fraction of sp³-hybridized carbons (Fsp3) is 0.483. The summed E-state index contributed by atoms with van der Waals surface area (Å²) >= 11 is 0. The molecule has 37 heavy (non-hydrogen) atoms. The summed E-state index contributed by atoms with van der Waals surface area (Å²) < 4.78 is 0. The van der Waals surface area contributed by atoms with Gasteiger partial charge in [0.15, 0.2) is 0 Å². The van der Waals surface area contributed by atoms with E-state index in [9.17, 15) is 14.4 Å². The first-order valence-corrected chi connectivity index (χ1v) is 13.2. The van der Waals surface area contributed by atoms with Gasteiger partial charge in [0.25, 0.3) is 11.8 Å². The van der Waals surface area contributed by atoms with Crippen LogP contribution in [0.25, 0.3) is 0 Å². The van der Waals surface area contributed by atoms with E-state index in [1.54, 1.807) is 24.3 Å². The molecule has 1 atom stereocenters. The van der Waals surface area contributed by atoms with Crippen molar-refractivity contribution in [3.63, 3.8) is 0 Å². The van der Waals surface area contributed by atoms with Crippen LogP contribution in [0.4, 0.5) is 10.5 Å². The number of nitrogens with zero attached hydrogens (tertiary/aromatic N) is 2. The highest BCUT2D eigenvalue weighted by Gasteiger charge is 2.28. The molecule has 0 spiro atoms. The summed E-state index contributed by atoms with van der Waals surface area (Å²) in [6.07, 6.45) is 3.23. The summed E-state index contributed by atoms with van der Waals surface area (Å²) in [4.78, 5) is 42.1. The van der Waals surface area contributed by atoms with Crippen LogP contribution in [-0.2, 0) is 6.54 Å². The van der Waals surface area contributed by atoms with Crippen LogP contribution in [0.3, 0.4) is 0 Å². The van der Waals surface area contributed by atoms with E-state index in [2.05, 4.69) is 27.8 Å². The maximum Gasteiger partial charge on any atom is 0.319 e. The van der Waals surface area contributed by atoms with Gasteiger partial charge in [-0.15, -0.1) is 0 Å². The van der Waals surface area contributed by atoms with Crippen molar-refractivity contribution in [1.29, 1.82) is 0 Å². The molecule has 0 radical (unpaired) electrons.